The van der Waals surface area contributed by atoms with Crippen molar-refractivity contribution >= 4 is 5.91 Å². The molecule has 0 radical (unpaired) electrons. The number of hydrogen-bond acceptors (Lipinski definition) is 3. The maximum Gasteiger partial charge on any atom is 0.254 e. The van der Waals surface area contributed by atoms with Crippen molar-refractivity contribution in [3.05, 3.63) is 59.3 Å². The number of aliphatic hydroxyl groups excluding tert-OH is 1. The molecule has 1 amide bonds. The van der Waals surface area contributed by atoms with Crippen molar-refractivity contribution in [3.63, 3.8) is 0 Å². The van der Waals surface area contributed by atoms with Crippen molar-refractivity contribution in [2.45, 2.75) is 13.0 Å². The lowest BCUT2D eigenvalue weighted by molar-refractivity contribution is 0.0903. The number of halogens is 1. The van der Waals surface area contributed by atoms with Gasteiger partial charge in [-0.05, 0) is 36.8 Å². The maximum absolute atomic E-state index is 13.7. The van der Waals surface area contributed by atoms with E-state index in [0.717, 1.165) is 5.56 Å². The molecule has 1 unspecified atom stereocenters. The fourth-order valence-corrected chi connectivity index (χ4v) is 1.74. The van der Waals surface area contributed by atoms with E-state index in [1.807, 2.05) is 0 Å². The molecule has 0 saturated heterocycles. The van der Waals surface area contributed by atoms with E-state index in [0.29, 0.717) is 5.76 Å². The largest absolute Gasteiger partial charge is 0.467 e. The molecule has 100 valence electrons. The summed E-state index contributed by atoms with van der Waals surface area (Å²) in [6, 6.07) is 6.94. The molecule has 0 aliphatic carbocycles. The normalized spacial score (nSPS) is 12.2. The standard InChI is InChI=1S/C14H14FNO3/c1-9-4-5-10(11(15)7-9)14(18)16-12(8-17)13-3-2-6-19-13/h2-7,12,17H,8H2,1H3,(H,16,18). The van der Waals surface area contributed by atoms with Gasteiger partial charge in [0.05, 0.1) is 18.4 Å². The van der Waals surface area contributed by atoms with Crippen LogP contribution < -0.4 is 5.32 Å². The van der Waals surface area contributed by atoms with Crippen LogP contribution in [0.25, 0.3) is 0 Å². The third kappa shape index (κ3) is 3.00. The second-order valence-electron chi connectivity index (χ2n) is 4.21. The van der Waals surface area contributed by atoms with Gasteiger partial charge in [0, 0.05) is 0 Å². The van der Waals surface area contributed by atoms with Crippen molar-refractivity contribution < 1.29 is 18.7 Å². The predicted molar refractivity (Wildman–Crippen MR) is 67.1 cm³/mol. The molecule has 19 heavy (non-hydrogen) atoms. The van der Waals surface area contributed by atoms with Crippen LogP contribution in [0.2, 0.25) is 0 Å². The number of hydrogen-bond donors (Lipinski definition) is 2. The topological polar surface area (TPSA) is 62.5 Å². The first-order valence-electron chi connectivity index (χ1n) is 5.83. The number of nitrogens with one attached hydrogen (secondary N) is 1. The summed E-state index contributed by atoms with van der Waals surface area (Å²) in [4.78, 5) is 11.9. The zero-order valence-electron chi connectivity index (χ0n) is 10.4. The van der Waals surface area contributed by atoms with Gasteiger partial charge in [-0.15, -0.1) is 0 Å². The van der Waals surface area contributed by atoms with Crippen molar-refractivity contribution in [1.29, 1.82) is 0 Å². The van der Waals surface area contributed by atoms with E-state index in [2.05, 4.69) is 5.32 Å². The molecule has 1 atom stereocenters. The molecule has 0 bridgehead atoms. The van der Waals surface area contributed by atoms with E-state index in [1.54, 1.807) is 25.1 Å². The zero-order valence-corrected chi connectivity index (χ0v) is 10.4. The molecule has 0 saturated carbocycles. The van der Waals surface area contributed by atoms with Crippen LogP contribution in [0, 0.1) is 12.7 Å². The first kappa shape index (κ1) is 13.3. The average molecular weight is 263 g/mol. The van der Waals surface area contributed by atoms with Gasteiger partial charge in [-0.2, -0.15) is 0 Å². The average Bonchev–Trinajstić information content (AvgIpc) is 2.89. The monoisotopic (exact) mass is 263 g/mol. The minimum Gasteiger partial charge on any atom is -0.467 e. The second-order valence-corrected chi connectivity index (χ2v) is 4.21. The number of aryl methyl sites for hydroxylation is 1. The van der Waals surface area contributed by atoms with Gasteiger partial charge in [-0.1, -0.05) is 6.07 Å². The third-order valence-corrected chi connectivity index (χ3v) is 2.74. The summed E-state index contributed by atoms with van der Waals surface area (Å²) in [5, 5.41) is 11.8. The van der Waals surface area contributed by atoms with Crippen LogP contribution in [0.15, 0.2) is 41.0 Å². The molecular formula is C14H14FNO3. The van der Waals surface area contributed by atoms with Crippen LogP contribution in [-0.4, -0.2) is 17.6 Å². The number of furan rings is 1. The van der Waals surface area contributed by atoms with Gasteiger partial charge in [-0.3, -0.25) is 4.79 Å². The van der Waals surface area contributed by atoms with Crippen LogP contribution in [0.1, 0.15) is 27.7 Å². The van der Waals surface area contributed by atoms with Crippen molar-refractivity contribution in [1.82, 2.24) is 5.32 Å². The number of amides is 1. The van der Waals surface area contributed by atoms with E-state index in [-0.39, 0.29) is 12.2 Å². The molecule has 2 aromatic rings. The summed E-state index contributed by atoms with van der Waals surface area (Å²) < 4.78 is 18.8. The summed E-state index contributed by atoms with van der Waals surface area (Å²) in [5.74, 6) is -0.759. The highest BCUT2D eigenvalue weighted by Crippen LogP contribution is 2.15. The molecule has 1 heterocycles. The Balaban J connectivity index is 2.16. The van der Waals surface area contributed by atoms with Gasteiger partial charge < -0.3 is 14.8 Å². The van der Waals surface area contributed by atoms with Gasteiger partial charge in [0.15, 0.2) is 0 Å². The number of aliphatic hydroxyl groups is 1. The first-order valence-corrected chi connectivity index (χ1v) is 5.83. The maximum atomic E-state index is 13.7. The quantitative estimate of drug-likeness (QED) is 0.888. The lowest BCUT2D eigenvalue weighted by Gasteiger charge is -2.14. The Morgan fingerprint density at radius 2 is 2.26 bits per heavy atom. The van der Waals surface area contributed by atoms with E-state index in [1.165, 1.54) is 18.4 Å². The molecule has 0 spiro atoms. The Morgan fingerprint density at radius 3 is 2.84 bits per heavy atom. The molecule has 0 aliphatic rings. The van der Waals surface area contributed by atoms with Gasteiger partial charge in [0.1, 0.15) is 17.6 Å². The minimum atomic E-state index is -0.691. The minimum absolute atomic E-state index is 0.0596. The van der Waals surface area contributed by atoms with Crippen LogP contribution in [-0.2, 0) is 0 Å². The second kappa shape index (κ2) is 5.67. The van der Waals surface area contributed by atoms with Gasteiger partial charge in [0.2, 0.25) is 0 Å². The molecule has 2 rings (SSSR count). The molecular weight excluding hydrogens is 249 g/mol. The van der Waals surface area contributed by atoms with Gasteiger partial charge in [0.25, 0.3) is 5.91 Å². The smallest absolute Gasteiger partial charge is 0.254 e. The molecule has 4 nitrogen and oxygen atoms in total. The Labute approximate surface area is 109 Å². The van der Waals surface area contributed by atoms with E-state index in [9.17, 15) is 14.3 Å². The van der Waals surface area contributed by atoms with Crippen LogP contribution >= 0.6 is 0 Å². The molecule has 5 heteroatoms. The van der Waals surface area contributed by atoms with Crippen molar-refractivity contribution in [2.75, 3.05) is 6.61 Å². The lowest BCUT2D eigenvalue weighted by Crippen LogP contribution is -2.31. The van der Waals surface area contributed by atoms with Crippen LogP contribution in [0.3, 0.4) is 0 Å². The zero-order chi connectivity index (χ0) is 13.8. The Morgan fingerprint density at radius 1 is 1.47 bits per heavy atom. The Kier molecular flexibility index (Phi) is 3.97. The molecule has 1 aromatic carbocycles. The number of carbonyl (C=O) groups is 1. The summed E-state index contributed by atoms with van der Waals surface area (Å²) in [5.41, 5.74) is 0.675. The number of benzene rings is 1. The predicted octanol–water partition coefficient (Wildman–Crippen LogP) is 2.19. The number of rotatable bonds is 4. The third-order valence-electron chi connectivity index (χ3n) is 2.74. The van der Waals surface area contributed by atoms with Crippen molar-refractivity contribution in [2.24, 2.45) is 0 Å². The fourth-order valence-electron chi connectivity index (χ4n) is 1.74. The first-order chi connectivity index (χ1) is 9.11. The summed E-state index contributed by atoms with van der Waals surface area (Å²) >= 11 is 0. The van der Waals surface area contributed by atoms with Gasteiger partial charge >= 0.3 is 0 Å². The van der Waals surface area contributed by atoms with E-state index in [4.69, 9.17) is 4.42 Å². The molecule has 1 aromatic heterocycles. The summed E-state index contributed by atoms with van der Waals surface area (Å²) in [6.07, 6.45) is 1.44. The lowest BCUT2D eigenvalue weighted by atomic mass is 10.1. The molecule has 0 fully saturated rings. The van der Waals surface area contributed by atoms with E-state index >= 15 is 0 Å². The Bertz CT molecular complexity index is 566. The fraction of sp³-hybridized carbons (Fsp3) is 0.214. The van der Waals surface area contributed by atoms with Crippen molar-refractivity contribution in [3.8, 4) is 0 Å². The highest BCUT2D eigenvalue weighted by molar-refractivity contribution is 5.94. The highest BCUT2D eigenvalue weighted by atomic mass is 19.1. The SMILES string of the molecule is Cc1ccc(C(=O)NC(CO)c2ccco2)c(F)c1. The molecule has 0 aliphatic heterocycles. The van der Waals surface area contributed by atoms with Crippen LogP contribution in [0.5, 0.6) is 0 Å². The summed E-state index contributed by atoms with van der Waals surface area (Å²) in [7, 11) is 0. The number of carbonyl (C=O) groups excluding carboxylic acids is 1. The summed E-state index contributed by atoms with van der Waals surface area (Å²) in [6.45, 7) is 1.41. The van der Waals surface area contributed by atoms with Crippen LogP contribution in [0.4, 0.5) is 4.39 Å². The van der Waals surface area contributed by atoms with E-state index < -0.39 is 17.8 Å². The highest BCUT2D eigenvalue weighted by Gasteiger charge is 2.19. The molecule has 2 N–H and O–H groups in total. The van der Waals surface area contributed by atoms with Gasteiger partial charge in [-0.25, -0.2) is 4.39 Å². The Hall–Kier alpha value is -2.14.